The summed E-state index contributed by atoms with van der Waals surface area (Å²) in [5, 5.41) is 19.5. The number of carboxylic acids is 1. The first-order chi connectivity index (χ1) is 11.1. The lowest BCUT2D eigenvalue weighted by atomic mass is 9.79. The highest BCUT2D eigenvalue weighted by molar-refractivity contribution is 5.70. The number of methoxy groups -OCH3 is 2. The molecular weight excluding hydrogens is 300 g/mol. The van der Waals surface area contributed by atoms with Crippen LogP contribution >= 0.6 is 0 Å². The van der Waals surface area contributed by atoms with Crippen LogP contribution in [-0.2, 0) is 16.1 Å². The zero-order valence-electron chi connectivity index (χ0n) is 13.5. The number of ether oxygens (including phenoxy) is 3. The van der Waals surface area contributed by atoms with Crippen molar-refractivity contribution in [1.82, 2.24) is 0 Å². The van der Waals surface area contributed by atoms with Gasteiger partial charge >= 0.3 is 5.97 Å². The standard InChI is InChI=1S/C17H24O6/c1-21-12-8-7-11(15(9-12)22-2)10-23-17(20)14-6-4-3-5-13(14)16(18)19/h7-9,13-14,17,20H,3-6,10H2,1-2H3,(H,18,19)/t13-,14+,17?/m1/s1. The van der Waals surface area contributed by atoms with Crippen LogP contribution in [-0.4, -0.2) is 36.7 Å². The topological polar surface area (TPSA) is 85.2 Å². The second-order valence-electron chi connectivity index (χ2n) is 5.77. The minimum Gasteiger partial charge on any atom is -0.497 e. The molecular formula is C17H24O6. The summed E-state index contributed by atoms with van der Waals surface area (Å²) in [7, 11) is 3.13. The molecule has 0 aliphatic heterocycles. The maximum atomic E-state index is 11.3. The van der Waals surface area contributed by atoms with E-state index < -0.39 is 18.2 Å². The summed E-state index contributed by atoms with van der Waals surface area (Å²) in [6, 6.07) is 5.33. The predicted octanol–water partition coefficient (Wildman–Crippen LogP) is 2.43. The number of hydrogen-bond donors (Lipinski definition) is 2. The van der Waals surface area contributed by atoms with Crippen molar-refractivity contribution in [1.29, 1.82) is 0 Å². The molecule has 0 amide bonds. The SMILES string of the molecule is COc1ccc(COC(O)[C@H]2CCCC[C@H]2C(=O)O)c(OC)c1. The molecule has 1 aliphatic carbocycles. The number of aliphatic carboxylic acids is 1. The molecule has 0 radical (unpaired) electrons. The van der Waals surface area contributed by atoms with E-state index in [1.165, 1.54) is 0 Å². The minimum absolute atomic E-state index is 0.150. The van der Waals surface area contributed by atoms with E-state index in [1.54, 1.807) is 32.4 Å². The second kappa shape index (κ2) is 8.17. The normalized spacial score (nSPS) is 22.4. The van der Waals surface area contributed by atoms with Gasteiger partial charge in [0.2, 0.25) is 0 Å². The molecule has 1 aliphatic rings. The van der Waals surface area contributed by atoms with Gasteiger partial charge in [-0.05, 0) is 25.0 Å². The largest absolute Gasteiger partial charge is 0.497 e. The van der Waals surface area contributed by atoms with Crippen LogP contribution in [0.5, 0.6) is 11.5 Å². The fraction of sp³-hybridized carbons (Fsp3) is 0.588. The van der Waals surface area contributed by atoms with Crippen LogP contribution in [0.2, 0.25) is 0 Å². The third-order valence-corrected chi connectivity index (χ3v) is 4.41. The summed E-state index contributed by atoms with van der Waals surface area (Å²) in [5.41, 5.74) is 0.773. The first-order valence-corrected chi connectivity index (χ1v) is 7.80. The molecule has 6 heteroatoms. The van der Waals surface area contributed by atoms with Crippen molar-refractivity contribution in [3.8, 4) is 11.5 Å². The first-order valence-electron chi connectivity index (χ1n) is 7.80. The van der Waals surface area contributed by atoms with Crippen molar-refractivity contribution in [3.63, 3.8) is 0 Å². The van der Waals surface area contributed by atoms with Crippen molar-refractivity contribution in [2.24, 2.45) is 11.8 Å². The average Bonchev–Trinajstić information content (AvgIpc) is 2.59. The quantitative estimate of drug-likeness (QED) is 0.749. The van der Waals surface area contributed by atoms with Gasteiger partial charge in [-0.2, -0.15) is 0 Å². The van der Waals surface area contributed by atoms with Gasteiger partial charge in [-0.15, -0.1) is 0 Å². The van der Waals surface area contributed by atoms with Gasteiger partial charge in [0.25, 0.3) is 0 Å². The molecule has 0 bridgehead atoms. The van der Waals surface area contributed by atoms with Crippen LogP contribution in [0.15, 0.2) is 18.2 Å². The number of rotatable bonds is 7. The van der Waals surface area contributed by atoms with Gasteiger partial charge in [0, 0.05) is 17.5 Å². The lowest BCUT2D eigenvalue weighted by Crippen LogP contribution is -2.36. The Labute approximate surface area is 136 Å². The Hall–Kier alpha value is -1.79. The molecule has 1 fully saturated rings. The zero-order valence-corrected chi connectivity index (χ0v) is 13.5. The van der Waals surface area contributed by atoms with Gasteiger partial charge in [0.05, 0.1) is 26.7 Å². The first kappa shape index (κ1) is 17.6. The lowest BCUT2D eigenvalue weighted by Gasteiger charge is -2.32. The summed E-state index contributed by atoms with van der Waals surface area (Å²) in [6.45, 7) is 0.150. The zero-order chi connectivity index (χ0) is 16.8. The van der Waals surface area contributed by atoms with E-state index in [4.69, 9.17) is 14.2 Å². The number of carboxylic acid groups (broad SMARTS) is 1. The number of benzene rings is 1. The maximum absolute atomic E-state index is 11.3. The van der Waals surface area contributed by atoms with Gasteiger partial charge in [0.1, 0.15) is 11.5 Å². The molecule has 1 aromatic carbocycles. The fourth-order valence-corrected chi connectivity index (χ4v) is 3.08. The van der Waals surface area contributed by atoms with Gasteiger partial charge in [-0.25, -0.2) is 0 Å². The summed E-state index contributed by atoms with van der Waals surface area (Å²) >= 11 is 0. The second-order valence-corrected chi connectivity index (χ2v) is 5.77. The Morgan fingerprint density at radius 2 is 2.00 bits per heavy atom. The van der Waals surface area contributed by atoms with E-state index in [0.29, 0.717) is 24.3 Å². The van der Waals surface area contributed by atoms with E-state index in [0.717, 1.165) is 18.4 Å². The van der Waals surface area contributed by atoms with Gasteiger partial charge in [0.15, 0.2) is 6.29 Å². The molecule has 2 rings (SSSR count). The molecule has 0 heterocycles. The molecule has 0 spiro atoms. The van der Waals surface area contributed by atoms with Crippen molar-refractivity contribution >= 4 is 5.97 Å². The van der Waals surface area contributed by atoms with E-state index in [-0.39, 0.29) is 12.5 Å². The molecule has 0 aromatic heterocycles. The van der Waals surface area contributed by atoms with Crippen LogP contribution in [0.4, 0.5) is 0 Å². The third-order valence-electron chi connectivity index (χ3n) is 4.41. The van der Waals surface area contributed by atoms with Crippen molar-refractivity contribution < 1.29 is 29.2 Å². The molecule has 3 atom stereocenters. The monoisotopic (exact) mass is 324 g/mol. The fourth-order valence-electron chi connectivity index (χ4n) is 3.08. The van der Waals surface area contributed by atoms with Crippen molar-refractivity contribution in [2.75, 3.05) is 14.2 Å². The average molecular weight is 324 g/mol. The Balaban J connectivity index is 2.00. The number of aliphatic hydroxyl groups excluding tert-OH is 1. The van der Waals surface area contributed by atoms with E-state index >= 15 is 0 Å². The van der Waals surface area contributed by atoms with Gasteiger partial charge < -0.3 is 24.4 Å². The molecule has 1 aromatic rings. The highest BCUT2D eigenvalue weighted by Crippen LogP contribution is 2.34. The summed E-state index contributed by atoms with van der Waals surface area (Å²) in [4.78, 5) is 11.3. The molecule has 128 valence electrons. The molecule has 2 N–H and O–H groups in total. The van der Waals surface area contributed by atoms with Crippen LogP contribution < -0.4 is 9.47 Å². The molecule has 6 nitrogen and oxygen atoms in total. The van der Waals surface area contributed by atoms with Crippen molar-refractivity contribution in [2.45, 2.75) is 38.6 Å². The molecule has 0 saturated heterocycles. The summed E-state index contributed by atoms with van der Waals surface area (Å²) in [6.07, 6.45) is 1.96. The predicted molar refractivity (Wildman–Crippen MR) is 83.4 cm³/mol. The third kappa shape index (κ3) is 4.36. The van der Waals surface area contributed by atoms with Crippen LogP contribution in [0.25, 0.3) is 0 Å². The van der Waals surface area contributed by atoms with Gasteiger partial charge in [-0.3, -0.25) is 4.79 Å². The Morgan fingerprint density at radius 1 is 1.26 bits per heavy atom. The lowest BCUT2D eigenvalue weighted by molar-refractivity contribution is -0.175. The highest BCUT2D eigenvalue weighted by atomic mass is 16.6. The summed E-state index contributed by atoms with van der Waals surface area (Å²) in [5.74, 6) is -0.499. The summed E-state index contributed by atoms with van der Waals surface area (Å²) < 4.78 is 16.0. The Morgan fingerprint density at radius 3 is 2.65 bits per heavy atom. The maximum Gasteiger partial charge on any atom is 0.306 e. The van der Waals surface area contributed by atoms with Gasteiger partial charge in [-0.1, -0.05) is 12.8 Å². The Bertz CT molecular complexity index is 530. The van der Waals surface area contributed by atoms with E-state index in [2.05, 4.69) is 0 Å². The van der Waals surface area contributed by atoms with Crippen LogP contribution in [0.1, 0.15) is 31.2 Å². The van der Waals surface area contributed by atoms with Crippen LogP contribution in [0.3, 0.4) is 0 Å². The molecule has 1 unspecified atom stereocenters. The highest BCUT2D eigenvalue weighted by Gasteiger charge is 2.36. The Kier molecular flexibility index (Phi) is 6.24. The number of hydrogen-bond acceptors (Lipinski definition) is 5. The minimum atomic E-state index is -1.09. The number of carbonyl (C=O) groups is 1. The molecule has 1 saturated carbocycles. The smallest absolute Gasteiger partial charge is 0.306 e. The number of aliphatic hydroxyl groups is 1. The van der Waals surface area contributed by atoms with Crippen molar-refractivity contribution in [3.05, 3.63) is 23.8 Å². The van der Waals surface area contributed by atoms with Crippen LogP contribution in [0, 0.1) is 11.8 Å². The van der Waals surface area contributed by atoms with E-state index in [9.17, 15) is 15.0 Å². The molecule has 23 heavy (non-hydrogen) atoms. The van der Waals surface area contributed by atoms with E-state index in [1.807, 2.05) is 0 Å².